The van der Waals surface area contributed by atoms with E-state index in [2.05, 4.69) is 19.8 Å². The van der Waals surface area contributed by atoms with Gasteiger partial charge in [0.1, 0.15) is 17.1 Å². The molecule has 0 aliphatic heterocycles. The predicted octanol–water partition coefficient (Wildman–Crippen LogP) is 3.17. The molecular weight excluding hydrogens is 337 g/mol. The van der Waals surface area contributed by atoms with Crippen molar-refractivity contribution in [2.75, 3.05) is 0 Å². The first kappa shape index (κ1) is 17.0. The average molecular weight is 352 g/mol. The average Bonchev–Trinajstić information content (AvgIpc) is 2.83. The molecule has 9 heteroatoms. The Bertz CT molecular complexity index is 958. The van der Waals surface area contributed by atoms with Crippen LogP contribution in [0.2, 0.25) is 0 Å². The second-order valence-corrected chi connectivity index (χ2v) is 5.50. The van der Waals surface area contributed by atoms with Crippen molar-refractivity contribution in [1.29, 1.82) is 0 Å². The Kier molecular flexibility index (Phi) is 4.23. The molecule has 0 fully saturated rings. The molecule has 0 radical (unpaired) electrons. The minimum atomic E-state index is -4.75. The van der Waals surface area contributed by atoms with E-state index < -0.39 is 6.36 Å². The van der Waals surface area contributed by atoms with Crippen molar-refractivity contribution in [3.63, 3.8) is 0 Å². The van der Waals surface area contributed by atoms with E-state index in [9.17, 15) is 18.0 Å². The summed E-state index contributed by atoms with van der Waals surface area (Å²) in [7, 11) is 1.67. The summed E-state index contributed by atoms with van der Waals surface area (Å²) in [6.45, 7) is 1.99. The number of aromatic nitrogens is 4. The molecule has 0 bridgehead atoms. The number of ether oxygens (including phenoxy) is 1. The number of nitrogens with zero attached hydrogens (tertiary/aromatic N) is 3. The van der Waals surface area contributed by atoms with Crippen LogP contribution in [0.15, 0.2) is 29.1 Å². The van der Waals surface area contributed by atoms with E-state index >= 15 is 0 Å². The molecule has 2 aromatic heterocycles. The summed E-state index contributed by atoms with van der Waals surface area (Å²) in [4.78, 5) is 19.4. The van der Waals surface area contributed by atoms with Crippen molar-refractivity contribution in [2.45, 2.75) is 26.1 Å². The summed E-state index contributed by atoms with van der Waals surface area (Å²) in [6, 6.07) is 5.15. The van der Waals surface area contributed by atoms with Crippen molar-refractivity contribution in [3.8, 4) is 17.1 Å². The number of rotatable bonds is 4. The molecule has 3 rings (SSSR count). The number of halogens is 3. The summed E-state index contributed by atoms with van der Waals surface area (Å²) >= 11 is 0. The van der Waals surface area contributed by atoms with Crippen LogP contribution in [-0.4, -0.2) is 26.1 Å². The molecule has 0 spiro atoms. The number of aryl methyl sites for hydroxylation is 2. The first-order chi connectivity index (χ1) is 11.8. The second kappa shape index (κ2) is 6.23. The molecule has 1 aromatic carbocycles. The lowest BCUT2D eigenvalue weighted by molar-refractivity contribution is -0.274. The fourth-order valence-corrected chi connectivity index (χ4v) is 2.60. The molecule has 2 heterocycles. The van der Waals surface area contributed by atoms with Gasteiger partial charge in [-0.15, -0.1) is 13.2 Å². The molecule has 0 saturated heterocycles. The fourth-order valence-electron chi connectivity index (χ4n) is 2.60. The van der Waals surface area contributed by atoms with Gasteiger partial charge in [0.2, 0.25) is 0 Å². The van der Waals surface area contributed by atoms with Crippen molar-refractivity contribution < 1.29 is 17.9 Å². The number of aromatic amines is 1. The molecule has 0 aliphatic carbocycles. The topological polar surface area (TPSA) is 72.8 Å². The maximum atomic E-state index is 12.3. The van der Waals surface area contributed by atoms with Crippen molar-refractivity contribution in [3.05, 3.63) is 40.3 Å². The third-order valence-electron chi connectivity index (χ3n) is 3.61. The van der Waals surface area contributed by atoms with Gasteiger partial charge in [-0.1, -0.05) is 13.3 Å². The first-order valence-electron chi connectivity index (χ1n) is 7.60. The van der Waals surface area contributed by atoms with Crippen LogP contribution in [0.4, 0.5) is 13.2 Å². The summed E-state index contributed by atoms with van der Waals surface area (Å²) in [6.07, 6.45) is -3.23. The first-order valence-corrected chi connectivity index (χ1v) is 7.60. The van der Waals surface area contributed by atoms with E-state index in [1.54, 1.807) is 7.05 Å². The number of alkyl halides is 3. The van der Waals surface area contributed by atoms with Gasteiger partial charge in [-0.25, -0.2) is 4.98 Å². The number of benzene rings is 1. The standard InChI is InChI=1S/C16H15F3N4O2/c1-3-4-11-12-13(23(2)22-11)15(24)21-14(20-12)9-5-7-10(8-6-9)25-16(17,18)19/h5-8H,3-4H2,1-2H3,(H,20,21,24). The van der Waals surface area contributed by atoms with Gasteiger partial charge in [0.15, 0.2) is 5.52 Å². The molecule has 3 aromatic rings. The Morgan fingerprint density at radius 3 is 2.52 bits per heavy atom. The van der Waals surface area contributed by atoms with E-state index in [-0.39, 0.29) is 17.1 Å². The molecule has 132 valence electrons. The normalized spacial score (nSPS) is 11.9. The van der Waals surface area contributed by atoms with Crippen LogP contribution in [0.5, 0.6) is 5.75 Å². The second-order valence-electron chi connectivity index (χ2n) is 5.50. The Morgan fingerprint density at radius 1 is 1.24 bits per heavy atom. The fraction of sp³-hybridized carbons (Fsp3) is 0.312. The lowest BCUT2D eigenvalue weighted by Crippen LogP contribution is -2.17. The van der Waals surface area contributed by atoms with E-state index in [0.29, 0.717) is 28.7 Å². The highest BCUT2D eigenvalue weighted by Crippen LogP contribution is 2.25. The van der Waals surface area contributed by atoms with Crippen LogP contribution < -0.4 is 10.3 Å². The summed E-state index contributed by atoms with van der Waals surface area (Å²) in [5.41, 5.74) is 1.69. The van der Waals surface area contributed by atoms with E-state index in [1.165, 1.54) is 28.9 Å². The third kappa shape index (κ3) is 3.49. The maximum absolute atomic E-state index is 12.3. The van der Waals surface area contributed by atoms with Gasteiger partial charge in [-0.05, 0) is 30.7 Å². The zero-order chi connectivity index (χ0) is 18.2. The number of hydrogen-bond donors (Lipinski definition) is 1. The van der Waals surface area contributed by atoms with Crippen molar-refractivity contribution >= 4 is 11.0 Å². The van der Waals surface area contributed by atoms with Crippen molar-refractivity contribution in [1.82, 2.24) is 19.7 Å². The lowest BCUT2D eigenvalue weighted by atomic mass is 10.2. The summed E-state index contributed by atoms with van der Waals surface area (Å²) < 4.78 is 42.0. The number of H-pyrrole nitrogens is 1. The van der Waals surface area contributed by atoms with Crippen LogP contribution in [0.3, 0.4) is 0 Å². The van der Waals surface area contributed by atoms with Crippen LogP contribution >= 0.6 is 0 Å². The Balaban J connectivity index is 2.04. The number of hydrogen-bond acceptors (Lipinski definition) is 4. The maximum Gasteiger partial charge on any atom is 0.573 e. The highest BCUT2D eigenvalue weighted by molar-refractivity contribution is 5.78. The SMILES string of the molecule is CCCc1nn(C)c2c(=O)[nH]c(-c3ccc(OC(F)(F)F)cc3)nc12. The highest BCUT2D eigenvalue weighted by Gasteiger charge is 2.31. The third-order valence-corrected chi connectivity index (χ3v) is 3.61. The predicted molar refractivity (Wildman–Crippen MR) is 85.2 cm³/mol. The molecule has 0 unspecified atom stereocenters. The molecular formula is C16H15F3N4O2. The van der Waals surface area contributed by atoms with Gasteiger partial charge in [0.05, 0.1) is 5.69 Å². The number of fused-ring (bicyclic) bond motifs is 1. The van der Waals surface area contributed by atoms with Gasteiger partial charge < -0.3 is 9.72 Å². The van der Waals surface area contributed by atoms with Crippen LogP contribution in [0, 0.1) is 0 Å². The van der Waals surface area contributed by atoms with E-state index in [0.717, 1.165) is 6.42 Å². The zero-order valence-corrected chi connectivity index (χ0v) is 13.5. The summed E-state index contributed by atoms with van der Waals surface area (Å²) in [5, 5.41) is 4.32. The Hall–Kier alpha value is -2.84. The molecule has 6 nitrogen and oxygen atoms in total. The highest BCUT2D eigenvalue weighted by atomic mass is 19.4. The largest absolute Gasteiger partial charge is 0.573 e. The smallest absolute Gasteiger partial charge is 0.406 e. The molecule has 0 saturated carbocycles. The summed E-state index contributed by atoms with van der Waals surface area (Å²) in [5.74, 6) is -0.0749. The van der Waals surface area contributed by atoms with Crippen LogP contribution in [-0.2, 0) is 13.5 Å². The molecule has 0 atom stereocenters. The minimum absolute atomic E-state index is 0.265. The lowest BCUT2D eigenvalue weighted by Gasteiger charge is -2.09. The van der Waals surface area contributed by atoms with Crippen LogP contribution in [0.25, 0.3) is 22.4 Å². The Labute approximate surface area is 140 Å². The monoisotopic (exact) mass is 352 g/mol. The van der Waals surface area contributed by atoms with E-state index in [4.69, 9.17) is 0 Å². The van der Waals surface area contributed by atoms with Gasteiger partial charge in [0, 0.05) is 12.6 Å². The molecule has 0 amide bonds. The van der Waals surface area contributed by atoms with E-state index in [1.807, 2.05) is 6.92 Å². The quantitative estimate of drug-likeness (QED) is 0.783. The van der Waals surface area contributed by atoms with Crippen molar-refractivity contribution in [2.24, 2.45) is 7.05 Å². The Morgan fingerprint density at radius 2 is 1.92 bits per heavy atom. The molecule has 25 heavy (non-hydrogen) atoms. The van der Waals surface area contributed by atoms with Gasteiger partial charge in [-0.2, -0.15) is 5.10 Å². The van der Waals surface area contributed by atoms with Crippen LogP contribution in [0.1, 0.15) is 19.0 Å². The molecule has 0 aliphatic rings. The van der Waals surface area contributed by atoms with Gasteiger partial charge >= 0.3 is 6.36 Å². The van der Waals surface area contributed by atoms with Gasteiger partial charge in [0.25, 0.3) is 5.56 Å². The number of nitrogens with one attached hydrogen (secondary N) is 1. The minimum Gasteiger partial charge on any atom is -0.406 e. The zero-order valence-electron chi connectivity index (χ0n) is 13.5. The molecule has 1 N–H and O–H groups in total. The van der Waals surface area contributed by atoms with Gasteiger partial charge in [-0.3, -0.25) is 9.48 Å².